The van der Waals surface area contributed by atoms with E-state index in [1.54, 1.807) is 6.08 Å². The number of carbonyl (C=O) groups excluding carboxylic acids is 2. The molecular weight excluding hydrogens is 272 g/mol. The van der Waals surface area contributed by atoms with Crippen molar-refractivity contribution in [3.05, 3.63) is 48.6 Å². The first-order chi connectivity index (χ1) is 9.85. The van der Waals surface area contributed by atoms with E-state index >= 15 is 0 Å². The first-order valence-corrected chi connectivity index (χ1v) is 6.21. The molecule has 1 unspecified atom stereocenters. The summed E-state index contributed by atoms with van der Waals surface area (Å²) in [4.78, 5) is 30.1. The van der Waals surface area contributed by atoms with Crippen molar-refractivity contribution in [2.45, 2.75) is 20.0 Å². The number of hydrogen-bond acceptors (Lipinski definition) is 5. The molecule has 0 bridgehead atoms. The van der Waals surface area contributed by atoms with Gasteiger partial charge in [0.25, 0.3) is 0 Å². The number of rotatable bonds is 7. The van der Waals surface area contributed by atoms with Crippen molar-refractivity contribution in [1.29, 1.82) is 0 Å². The topological polar surface area (TPSA) is 81.3 Å². The van der Waals surface area contributed by atoms with Gasteiger partial charge in [0.15, 0.2) is 11.9 Å². The number of aromatic amines is 1. The fourth-order valence-electron chi connectivity index (χ4n) is 1.29. The molecule has 0 aromatic carbocycles. The second-order valence-electron chi connectivity index (χ2n) is 4.48. The van der Waals surface area contributed by atoms with Crippen LogP contribution in [0.4, 0.5) is 0 Å². The van der Waals surface area contributed by atoms with E-state index in [0.29, 0.717) is 11.5 Å². The summed E-state index contributed by atoms with van der Waals surface area (Å²) in [6, 6.07) is 0. The van der Waals surface area contributed by atoms with Gasteiger partial charge in [-0.2, -0.15) is 0 Å². The summed E-state index contributed by atoms with van der Waals surface area (Å²) in [5.74, 6) is -0.807. The predicted octanol–water partition coefficient (Wildman–Crippen LogP) is 2.33. The summed E-state index contributed by atoms with van der Waals surface area (Å²) in [5.41, 5.74) is 1.15. The van der Waals surface area contributed by atoms with Gasteiger partial charge in [-0.25, -0.2) is 14.6 Å². The van der Waals surface area contributed by atoms with Gasteiger partial charge in [0.05, 0.1) is 11.9 Å². The van der Waals surface area contributed by atoms with Crippen molar-refractivity contribution < 1.29 is 19.1 Å². The number of carbonyl (C=O) groups is 2. The fraction of sp³-hybridized carbons (Fsp3) is 0.267. The SMILES string of the molecule is C=Cc1cnc(C(COC(=O)C(=C)C)OC(=O)C(=C)C)[nH]1. The van der Waals surface area contributed by atoms with Crippen LogP contribution in [0.1, 0.15) is 31.5 Å². The highest BCUT2D eigenvalue weighted by molar-refractivity contribution is 5.87. The van der Waals surface area contributed by atoms with Crippen molar-refractivity contribution in [1.82, 2.24) is 9.97 Å². The third kappa shape index (κ3) is 4.76. The molecule has 0 aliphatic rings. The molecule has 1 aromatic rings. The van der Waals surface area contributed by atoms with E-state index in [4.69, 9.17) is 9.47 Å². The van der Waals surface area contributed by atoms with Gasteiger partial charge in [0, 0.05) is 11.1 Å². The van der Waals surface area contributed by atoms with Gasteiger partial charge in [-0.05, 0) is 19.9 Å². The van der Waals surface area contributed by atoms with E-state index in [2.05, 4.69) is 29.7 Å². The maximum Gasteiger partial charge on any atom is 0.333 e. The van der Waals surface area contributed by atoms with E-state index in [0.717, 1.165) is 0 Å². The average Bonchev–Trinajstić information content (AvgIpc) is 2.91. The van der Waals surface area contributed by atoms with Crippen LogP contribution < -0.4 is 0 Å². The Morgan fingerprint density at radius 1 is 1.33 bits per heavy atom. The monoisotopic (exact) mass is 290 g/mol. The molecule has 0 radical (unpaired) electrons. The van der Waals surface area contributed by atoms with Gasteiger partial charge in [-0.3, -0.25) is 0 Å². The van der Waals surface area contributed by atoms with Crippen LogP contribution in [0, 0.1) is 0 Å². The molecule has 0 amide bonds. The second kappa shape index (κ2) is 7.23. The van der Waals surface area contributed by atoms with Gasteiger partial charge in [-0.15, -0.1) is 0 Å². The summed E-state index contributed by atoms with van der Waals surface area (Å²) < 4.78 is 10.2. The van der Waals surface area contributed by atoms with Crippen molar-refractivity contribution in [3.8, 4) is 0 Å². The number of nitrogens with zero attached hydrogens (tertiary/aromatic N) is 1. The van der Waals surface area contributed by atoms with Gasteiger partial charge in [0.1, 0.15) is 6.61 Å². The molecule has 1 aromatic heterocycles. The van der Waals surface area contributed by atoms with E-state index in [9.17, 15) is 9.59 Å². The Morgan fingerprint density at radius 3 is 2.43 bits per heavy atom. The quantitative estimate of drug-likeness (QED) is 0.615. The van der Waals surface area contributed by atoms with E-state index in [-0.39, 0.29) is 17.8 Å². The third-order valence-electron chi connectivity index (χ3n) is 2.45. The van der Waals surface area contributed by atoms with Gasteiger partial charge in [0.2, 0.25) is 0 Å². The predicted molar refractivity (Wildman–Crippen MR) is 78.1 cm³/mol. The molecule has 6 nitrogen and oxygen atoms in total. The average molecular weight is 290 g/mol. The van der Waals surface area contributed by atoms with Gasteiger partial charge in [-0.1, -0.05) is 19.7 Å². The minimum atomic E-state index is -0.855. The smallest absolute Gasteiger partial charge is 0.333 e. The molecule has 0 spiro atoms. The highest BCUT2D eigenvalue weighted by atomic mass is 16.6. The molecule has 0 fully saturated rings. The zero-order valence-corrected chi connectivity index (χ0v) is 12.1. The van der Waals surface area contributed by atoms with Crippen LogP contribution in [-0.2, 0) is 19.1 Å². The van der Waals surface area contributed by atoms with Gasteiger partial charge < -0.3 is 14.5 Å². The molecule has 1 heterocycles. The zero-order valence-electron chi connectivity index (χ0n) is 12.1. The van der Waals surface area contributed by atoms with Crippen molar-refractivity contribution in [2.24, 2.45) is 0 Å². The first-order valence-electron chi connectivity index (χ1n) is 6.21. The lowest BCUT2D eigenvalue weighted by atomic mass is 10.3. The Balaban J connectivity index is 2.86. The van der Waals surface area contributed by atoms with E-state index < -0.39 is 18.0 Å². The minimum absolute atomic E-state index is 0.172. The molecule has 0 aliphatic heterocycles. The summed E-state index contributed by atoms with van der Waals surface area (Å²) >= 11 is 0. The Bertz CT molecular complexity index is 586. The standard InChI is InChI=1S/C15H18N2O4/c1-6-11-7-16-13(17-11)12(21-15(19)10(4)5)8-20-14(18)9(2)3/h6-7,12H,1-2,4,8H2,3,5H3,(H,16,17). The molecule has 0 saturated heterocycles. The number of imidazole rings is 1. The number of hydrogen-bond donors (Lipinski definition) is 1. The molecule has 1 N–H and O–H groups in total. The van der Waals surface area contributed by atoms with Crippen LogP contribution in [0.2, 0.25) is 0 Å². The maximum absolute atomic E-state index is 11.6. The fourth-order valence-corrected chi connectivity index (χ4v) is 1.29. The van der Waals surface area contributed by atoms with Crippen LogP contribution in [0.3, 0.4) is 0 Å². The van der Waals surface area contributed by atoms with Crippen LogP contribution in [0.25, 0.3) is 6.08 Å². The van der Waals surface area contributed by atoms with Crippen molar-refractivity contribution >= 4 is 18.0 Å². The molecule has 0 aliphatic carbocycles. The number of H-pyrrole nitrogens is 1. The molecule has 0 saturated carbocycles. The van der Waals surface area contributed by atoms with Crippen molar-refractivity contribution in [2.75, 3.05) is 6.61 Å². The largest absolute Gasteiger partial charge is 0.458 e. The molecular formula is C15H18N2O4. The summed E-state index contributed by atoms with van der Waals surface area (Å²) in [7, 11) is 0. The number of aromatic nitrogens is 2. The summed E-state index contributed by atoms with van der Waals surface area (Å²) in [6.07, 6.45) is 2.24. The summed E-state index contributed by atoms with van der Waals surface area (Å²) in [6.45, 7) is 13.5. The number of nitrogens with one attached hydrogen (secondary N) is 1. The molecule has 112 valence electrons. The Morgan fingerprint density at radius 2 is 1.95 bits per heavy atom. The second-order valence-corrected chi connectivity index (χ2v) is 4.48. The number of esters is 2. The molecule has 1 atom stereocenters. The maximum atomic E-state index is 11.6. The van der Waals surface area contributed by atoms with Crippen LogP contribution in [0.15, 0.2) is 37.1 Å². The highest BCUT2D eigenvalue weighted by Gasteiger charge is 2.22. The molecule has 1 rings (SSSR count). The lowest BCUT2D eigenvalue weighted by Crippen LogP contribution is -2.20. The zero-order chi connectivity index (χ0) is 16.0. The lowest BCUT2D eigenvalue weighted by molar-refractivity contribution is -0.154. The first kappa shape index (κ1) is 16.4. The van der Waals surface area contributed by atoms with E-state index in [1.165, 1.54) is 20.0 Å². The Kier molecular flexibility index (Phi) is 5.66. The van der Waals surface area contributed by atoms with E-state index in [1.807, 2.05) is 0 Å². The third-order valence-corrected chi connectivity index (χ3v) is 2.45. The molecule has 6 heteroatoms. The number of ether oxygens (including phenoxy) is 2. The highest BCUT2D eigenvalue weighted by Crippen LogP contribution is 2.17. The Hall–Kier alpha value is -2.63. The van der Waals surface area contributed by atoms with Crippen LogP contribution in [0.5, 0.6) is 0 Å². The molecule has 21 heavy (non-hydrogen) atoms. The van der Waals surface area contributed by atoms with Gasteiger partial charge >= 0.3 is 11.9 Å². The summed E-state index contributed by atoms with van der Waals surface area (Å²) in [5, 5.41) is 0. The lowest BCUT2D eigenvalue weighted by Gasteiger charge is -2.16. The van der Waals surface area contributed by atoms with Crippen LogP contribution >= 0.6 is 0 Å². The van der Waals surface area contributed by atoms with Crippen molar-refractivity contribution in [3.63, 3.8) is 0 Å². The minimum Gasteiger partial charge on any atom is -0.458 e. The normalized spacial score (nSPS) is 11.3. The Labute approximate surface area is 123 Å². The van der Waals surface area contributed by atoms with Crippen LogP contribution in [-0.4, -0.2) is 28.5 Å².